The Morgan fingerprint density at radius 3 is 2.67 bits per heavy atom. The Kier molecular flexibility index (Phi) is 3.14. The zero-order chi connectivity index (χ0) is 12.4. The number of nitrogens with zero attached hydrogens (tertiary/aromatic N) is 3. The quantitative estimate of drug-likeness (QED) is 0.797. The number of nitrogens with two attached hydrogens (primary N) is 1. The summed E-state index contributed by atoms with van der Waals surface area (Å²) >= 11 is 3.07. The molecule has 1 atom stereocenters. The maximum Gasteiger partial charge on any atom is 0.159 e. The van der Waals surface area contributed by atoms with E-state index in [2.05, 4.69) is 15.2 Å². The zero-order valence-corrected chi connectivity index (χ0v) is 11.0. The van der Waals surface area contributed by atoms with Crippen molar-refractivity contribution in [2.45, 2.75) is 6.04 Å². The number of benzene rings is 1. The summed E-state index contributed by atoms with van der Waals surface area (Å²) in [6.07, 6.45) is 1.79. The van der Waals surface area contributed by atoms with Gasteiger partial charge in [0, 0.05) is 6.20 Å². The summed E-state index contributed by atoms with van der Waals surface area (Å²) in [4.78, 5) is 5.06. The van der Waals surface area contributed by atoms with E-state index in [-0.39, 0.29) is 6.04 Å². The van der Waals surface area contributed by atoms with E-state index in [9.17, 15) is 0 Å². The predicted molar refractivity (Wildman–Crippen MR) is 73.5 cm³/mol. The topological polar surface area (TPSA) is 64.7 Å². The molecule has 0 aliphatic rings. The molecule has 0 amide bonds. The lowest BCUT2D eigenvalue weighted by Gasteiger charge is -2.06. The molecule has 2 heterocycles. The third kappa shape index (κ3) is 2.17. The van der Waals surface area contributed by atoms with Gasteiger partial charge in [0.05, 0.1) is 16.4 Å². The second-order valence-corrected chi connectivity index (χ2v) is 5.59. The standard InChI is InChI=1S/C12H10N4S2/c13-10(8-4-2-1-3-5-8)12-16-15-11(18-12)9-6-14-7-17-9/h1-7,10H,13H2. The van der Waals surface area contributed by atoms with Gasteiger partial charge in [0.2, 0.25) is 0 Å². The SMILES string of the molecule is NC(c1ccccc1)c1nnc(-c2cncs2)s1. The van der Waals surface area contributed by atoms with Crippen LogP contribution in [0, 0.1) is 0 Å². The van der Waals surface area contributed by atoms with Crippen molar-refractivity contribution in [2.75, 3.05) is 0 Å². The van der Waals surface area contributed by atoms with Crippen LogP contribution in [0.15, 0.2) is 42.0 Å². The molecule has 0 saturated carbocycles. The van der Waals surface area contributed by atoms with Crippen LogP contribution in [-0.4, -0.2) is 15.2 Å². The third-order valence-corrected chi connectivity index (χ3v) is 4.46. The van der Waals surface area contributed by atoms with Crippen LogP contribution in [0.5, 0.6) is 0 Å². The molecule has 0 aliphatic heterocycles. The fraction of sp³-hybridized carbons (Fsp3) is 0.0833. The fourth-order valence-electron chi connectivity index (χ4n) is 1.58. The predicted octanol–water partition coefficient (Wildman–Crippen LogP) is 2.71. The van der Waals surface area contributed by atoms with Crippen LogP contribution in [0.2, 0.25) is 0 Å². The summed E-state index contributed by atoms with van der Waals surface area (Å²) in [6, 6.07) is 9.70. The van der Waals surface area contributed by atoms with Gasteiger partial charge in [-0.15, -0.1) is 21.5 Å². The van der Waals surface area contributed by atoms with E-state index in [1.807, 2.05) is 30.3 Å². The molecule has 2 N–H and O–H groups in total. The van der Waals surface area contributed by atoms with Gasteiger partial charge in [0.1, 0.15) is 5.01 Å². The first-order valence-corrected chi connectivity index (χ1v) is 7.07. The Labute approximate surface area is 112 Å². The Bertz CT molecular complexity index is 619. The molecule has 6 heteroatoms. The lowest BCUT2D eigenvalue weighted by Crippen LogP contribution is -2.11. The highest BCUT2D eigenvalue weighted by molar-refractivity contribution is 7.20. The number of aromatic nitrogens is 3. The highest BCUT2D eigenvalue weighted by Crippen LogP contribution is 2.30. The summed E-state index contributed by atoms with van der Waals surface area (Å²) in [5, 5.41) is 10.0. The molecule has 2 aromatic heterocycles. The van der Waals surface area contributed by atoms with Crippen LogP contribution in [0.4, 0.5) is 0 Å². The van der Waals surface area contributed by atoms with Crippen molar-refractivity contribution < 1.29 is 0 Å². The zero-order valence-electron chi connectivity index (χ0n) is 9.35. The minimum atomic E-state index is -0.217. The second-order valence-electron chi connectivity index (χ2n) is 3.70. The molecule has 3 aromatic rings. The van der Waals surface area contributed by atoms with Crippen LogP contribution in [-0.2, 0) is 0 Å². The molecule has 1 aromatic carbocycles. The average molecular weight is 274 g/mol. The average Bonchev–Trinajstić information content (AvgIpc) is 3.09. The molecule has 4 nitrogen and oxygen atoms in total. The molecular weight excluding hydrogens is 264 g/mol. The van der Waals surface area contributed by atoms with Crippen molar-refractivity contribution in [3.05, 3.63) is 52.6 Å². The van der Waals surface area contributed by atoms with Gasteiger partial charge in [-0.1, -0.05) is 41.7 Å². The third-order valence-electron chi connectivity index (χ3n) is 2.51. The maximum absolute atomic E-state index is 6.18. The van der Waals surface area contributed by atoms with Crippen molar-refractivity contribution in [3.63, 3.8) is 0 Å². The summed E-state index contributed by atoms with van der Waals surface area (Å²) in [5.74, 6) is 0. The largest absolute Gasteiger partial charge is 0.318 e. The van der Waals surface area contributed by atoms with Gasteiger partial charge < -0.3 is 5.73 Å². The van der Waals surface area contributed by atoms with Gasteiger partial charge in [-0.2, -0.15) is 0 Å². The maximum atomic E-state index is 6.18. The van der Waals surface area contributed by atoms with Gasteiger partial charge in [0.25, 0.3) is 0 Å². The van der Waals surface area contributed by atoms with Crippen LogP contribution in [0.25, 0.3) is 9.88 Å². The van der Waals surface area contributed by atoms with Crippen LogP contribution in [0.1, 0.15) is 16.6 Å². The molecule has 0 spiro atoms. The number of thiazole rings is 1. The van der Waals surface area contributed by atoms with Crippen molar-refractivity contribution >= 4 is 22.7 Å². The first-order valence-electron chi connectivity index (χ1n) is 5.37. The van der Waals surface area contributed by atoms with Gasteiger partial charge >= 0.3 is 0 Å². The molecule has 1 unspecified atom stereocenters. The molecular formula is C12H10N4S2. The van der Waals surface area contributed by atoms with E-state index >= 15 is 0 Å². The Hall–Kier alpha value is -1.63. The second kappa shape index (κ2) is 4.93. The summed E-state index contributed by atoms with van der Waals surface area (Å²) in [6.45, 7) is 0. The fourth-order valence-corrected chi connectivity index (χ4v) is 3.13. The smallest absolute Gasteiger partial charge is 0.159 e. The Balaban J connectivity index is 1.90. The Morgan fingerprint density at radius 1 is 1.11 bits per heavy atom. The molecule has 0 fully saturated rings. The first kappa shape index (κ1) is 11.5. The molecule has 0 bridgehead atoms. The van der Waals surface area contributed by atoms with Gasteiger partial charge in [-0.25, -0.2) is 0 Å². The summed E-state index contributed by atoms with van der Waals surface area (Å²) in [5.41, 5.74) is 9.01. The molecule has 18 heavy (non-hydrogen) atoms. The van der Waals surface area contributed by atoms with E-state index in [0.717, 1.165) is 20.5 Å². The molecule has 90 valence electrons. The van der Waals surface area contributed by atoms with E-state index in [1.165, 1.54) is 11.3 Å². The van der Waals surface area contributed by atoms with Crippen LogP contribution >= 0.6 is 22.7 Å². The van der Waals surface area contributed by atoms with E-state index in [1.54, 1.807) is 23.0 Å². The summed E-state index contributed by atoms with van der Waals surface area (Å²) in [7, 11) is 0. The minimum Gasteiger partial charge on any atom is -0.318 e. The lowest BCUT2D eigenvalue weighted by molar-refractivity contribution is 0.831. The van der Waals surface area contributed by atoms with Crippen LogP contribution < -0.4 is 5.73 Å². The van der Waals surface area contributed by atoms with Gasteiger partial charge in [-0.3, -0.25) is 4.98 Å². The van der Waals surface area contributed by atoms with E-state index in [0.29, 0.717) is 0 Å². The molecule has 0 saturated heterocycles. The normalized spacial score (nSPS) is 12.5. The van der Waals surface area contributed by atoms with Crippen LogP contribution in [0.3, 0.4) is 0 Å². The van der Waals surface area contributed by atoms with Crippen molar-refractivity contribution in [1.82, 2.24) is 15.2 Å². The summed E-state index contributed by atoms with van der Waals surface area (Å²) < 4.78 is 0. The van der Waals surface area contributed by atoms with Crippen molar-refractivity contribution in [2.24, 2.45) is 5.73 Å². The minimum absolute atomic E-state index is 0.217. The first-order chi connectivity index (χ1) is 8.84. The van der Waals surface area contributed by atoms with Gasteiger partial charge in [0.15, 0.2) is 5.01 Å². The van der Waals surface area contributed by atoms with Crippen molar-refractivity contribution in [3.8, 4) is 9.88 Å². The van der Waals surface area contributed by atoms with E-state index < -0.39 is 0 Å². The van der Waals surface area contributed by atoms with Gasteiger partial charge in [-0.05, 0) is 5.56 Å². The number of rotatable bonds is 3. The number of hydrogen-bond acceptors (Lipinski definition) is 6. The van der Waals surface area contributed by atoms with Crippen molar-refractivity contribution in [1.29, 1.82) is 0 Å². The molecule has 3 rings (SSSR count). The molecule has 0 aliphatic carbocycles. The Morgan fingerprint density at radius 2 is 1.94 bits per heavy atom. The monoisotopic (exact) mass is 274 g/mol. The highest BCUT2D eigenvalue weighted by Gasteiger charge is 2.15. The lowest BCUT2D eigenvalue weighted by atomic mass is 10.1. The molecule has 0 radical (unpaired) electrons. The number of hydrogen-bond donors (Lipinski definition) is 1. The van der Waals surface area contributed by atoms with E-state index in [4.69, 9.17) is 5.73 Å². The highest BCUT2D eigenvalue weighted by atomic mass is 32.1.